The number of morpholine rings is 1. The number of ether oxygens (including phenoxy) is 1. The summed E-state index contributed by atoms with van der Waals surface area (Å²) < 4.78 is 5.25. The summed E-state index contributed by atoms with van der Waals surface area (Å²) in [6, 6.07) is 0. The van der Waals surface area contributed by atoms with Gasteiger partial charge in [-0.3, -0.25) is 0 Å². The maximum Gasteiger partial charge on any atom is 0.371 e. The van der Waals surface area contributed by atoms with Crippen LogP contribution in [0.25, 0.3) is 0 Å². The zero-order chi connectivity index (χ0) is 11.3. The molecule has 86 valence electrons. The number of rotatable bonds is 5. The first kappa shape index (κ1) is 12.3. The van der Waals surface area contributed by atoms with E-state index in [1.165, 1.54) is 0 Å². The minimum Gasteiger partial charge on any atom is -0.477 e. The third kappa shape index (κ3) is 2.44. The Hall–Kier alpha value is -0.740. The van der Waals surface area contributed by atoms with E-state index in [1.54, 1.807) is 0 Å². The van der Waals surface area contributed by atoms with Crippen molar-refractivity contribution in [2.45, 2.75) is 32.2 Å². The lowest BCUT2D eigenvalue weighted by Gasteiger charge is -2.36. The van der Waals surface area contributed by atoms with Crippen LogP contribution in [0.4, 0.5) is 0 Å². The highest BCUT2D eigenvalue weighted by molar-refractivity contribution is 5.80. The molecule has 0 aromatic carbocycles. The van der Waals surface area contributed by atoms with E-state index >= 15 is 0 Å². The van der Waals surface area contributed by atoms with Crippen LogP contribution in [0, 0.1) is 6.42 Å². The van der Waals surface area contributed by atoms with E-state index in [9.17, 15) is 9.90 Å². The van der Waals surface area contributed by atoms with Crippen LogP contribution in [0.5, 0.6) is 0 Å². The lowest BCUT2D eigenvalue weighted by molar-refractivity contribution is -0.152. The molecule has 1 N–H and O–H groups in total. The fourth-order valence-electron chi connectivity index (χ4n) is 2.17. The first-order chi connectivity index (χ1) is 7.17. The minimum absolute atomic E-state index is 0.607. The number of hydrogen-bond acceptors (Lipinski definition) is 3. The van der Waals surface area contributed by atoms with Crippen LogP contribution in [0.2, 0.25) is 0 Å². The van der Waals surface area contributed by atoms with Crippen molar-refractivity contribution in [2.75, 3.05) is 26.3 Å². The van der Waals surface area contributed by atoms with Gasteiger partial charge >= 0.3 is 5.97 Å². The smallest absolute Gasteiger partial charge is 0.371 e. The lowest BCUT2D eigenvalue weighted by Crippen LogP contribution is -2.58. The molecule has 4 heteroatoms. The maximum atomic E-state index is 11.4. The summed E-state index contributed by atoms with van der Waals surface area (Å²) in [6.45, 7) is 6.58. The highest BCUT2D eigenvalue weighted by Crippen LogP contribution is 2.26. The summed E-state index contributed by atoms with van der Waals surface area (Å²) in [6.07, 6.45) is 3.29. The van der Waals surface area contributed by atoms with Crippen LogP contribution in [-0.4, -0.2) is 47.8 Å². The van der Waals surface area contributed by atoms with Gasteiger partial charge in [-0.2, -0.15) is 0 Å². The van der Waals surface area contributed by atoms with Crippen molar-refractivity contribution >= 4 is 5.97 Å². The molecule has 1 aliphatic heterocycles. The Labute approximate surface area is 91.2 Å². The average Bonchev–Trinajstić information content (AvgIpc) is 2.26. The predicted octanol–water partition coefficient (Wildman–Crippen LogP) is 1.17. The summed E-state index contributed by atoms with van der Waals surface area (Å²) in [5.41, 5.74) is -0.793. The molecule has 15 heavy (non-hydrogen) atoms. The molecule has 1 atom stereocenters. The Balaban J connectivity index is 2.80. The topological polar surface area (TPSA) is 49.8 Å². The fraction of sp³-hybridized carbons (Fsp3) is 0.818. The summed E-state index contributed by atoms with van der Waals surface area (Å²) in [7, 11) is 0. The van der Waals surface area contributed by atoms with Crippen LogP contribution in [0.3, 0.4) is 0 Å². The predicted molar refractivity (Wildman–Crippen MR) is 57.6 cm³/mol. The van der Waals surface area contributed by atoms with Gasteiger partial charge in [0.25, 0.3) is 5.54 Å². The molecular formula is C11H20NO3+. The Kier molecular flexibility index (Phi) is 4.42. The molecule has 0 saturated carbocycles. The molecule has 0 radical (unpaired) electrons. The van der Waals surface area contributed by atoms with Crippen molar-refractivity contribution in [2.24, 2.45) is 0 Å². The molecule has 4 nitrogen and oxygen atoms in total. The van der Waals surface area contributed by atoms with Crippen LogP contribution in [0.1, 0.15) is 26.7 Å². The molecule has 0 bridgehead atoms. The van der Waals surface area contributed by atoms with E-state index in [0.717, 1.165) is 6.42 Å². The number of aliphatic carboxylic acids is 1. The van der Waals surface area contributed by atoms with E-state index in [1.807, 2.05) is 25.2 Å². The highest BCUT2D eigenvalue weighted by atomic mass is 16.5. The molecular weight excluding hydrogens is 194 g/mol. The SMILES string of the molecule is CC[CH+]C(CC)(C(=O)O)N1CCOCC1. The molecule has 1 unspecified atom stereocenters. The highest BCUT2D eigenvalue weighted by Gasteiger charge is 2.50. The van der Waals surface area contributed by atoms with Crippen molar-refractivity contribution in [1.29, 1.82) is 0 Å². The molecule has 0 aliphatic carbocycles. The van der Waals surface area contributed by atoms with Gasteiger partial charge in [-0.25, -0.2) is 9.69 Å². The molecule has 1 rings (SSSR count). The number of hydrogen-bond donors (Lipinski definition) is 1. The largest absolute Gasteiger partial charge is 0.477 e. The van der Waals surface area contributed by atoms with Crippen LogP contribution >= 0.6 is 0 Å². The van der Waals surface area contributed by atoms with Crippen molar-refractivity contribution in [3.63, 3.8) is 0 Å². The molecule has 1 saturated heterocycles. The molecule has 1 aliphatic rings. The van der Waals surface area contributed by atoms with Crippen LogP contribution < -0.4 is 0 Å². The fourth-order valence-corrected chi connectivity index (χ4v) is 2.17. The van der Waals surface area contributed by atoms with Gasteiger partial charge in [0.1, 0.15) is 6.42 Å². The van der Waals surface area contributed by atoms with Gasteiger partial charge in [-0.15, -0.1) is 0 Å². The first-order valence-electron chi connectivity index (χ1n) is 5.58. The Morgan fingerprint density at radius 1 is 1.47 bits per heavy atom. The molecule has 1 heterocycles. The van der Waals surface area contributed by atoms with Gasteiger partial charge in [0, 0.05) is 19.5 Å². The van der Waals surface area contributed by atoms with Crippen molar-refractivity contribution < 1.29 is 14.6 Å². The summed E-state index contributed by atoms with van der Waals surface area (Å²) in [5.74, 6) is -0.742. The quantitative estimate of drug-likeness (QED) is 0.698. The average molecular weight is 214 g/mol. The van der Waals surface area contributed by atoms with Gasteiger partial charge in [0.2, 0.25) is 0 Å². The molecule has 0 spiro atoms. The molecule has 0 amide bonds. The first-order valence-corrected chi connectivity index (χ1v) is 5.58. The minimum atomic E-state index is -0.793. The maximum absolute atomic E-state index is 11.4. The normalized spacial score (nSPS) is 22.0. The Morgan fingerprint density at radius 3 is 2.47 bits per heavy atom. The summed E-state index contributed by atoms with van der Waals surface area (Å²) >= 11 is 0. The molecule has 1 fully saturated rings. The monoisotopic (exact) mass is 214 g/mol. The zero-order valence-electron chi connectivity index (χ0n) is 9.53. The molecule has 0 aromatic rings. The van der Waals surface area contributed by atoms with Gasteiger partial charge in [-0.1, -0.05) is 6.92 Å². The van der Waals surface area contributed by atoms with Gasteiger partial charge < -0.3 is 9.84 Å². The second-order valence-corrected chi connectivity index (χ2v) is 3.79. The second-order valence-electron chi connectivity index (χ2n) is 3.79. The van der Waals surface area contributed by atoms with Gasteiger partial charge in [0.15, 0.2) is 0 Å². The van der Waals surface area contributed by atoms with Crippen molar-refractivity contribution in [3.8, 4) is 0 Å². The summed E-state index contributed by atoms with van der Waals surface area (Å²) in [5, 5.41) is 9.39. The Bertz CT molecular complexity index is 214. The van der Waals surface area contributed by atoms with E-state index < -0.39 is 11.5 Å². The van der Waals surface area contributed by atoms with E-state index in [2.05, 4.69) is 0 Å². The zero-order valence-corrected chi connectivity index (χ0v) is 9.53. The van der Waals surface area contributed by atoms with Crippen molar-refractivity contribution in [3.05, 3.63) is 6.42 Å². The second kappa shape index (κ2) is 5.37. The number of carboxylic acids is 1. The van der Waals surface area contributed by atoms with Crippen LogP contribution in [-0.2, 0) is 9.53 Å². The van der Waals surface area contributed by atoms with Gasteiger partial charge in [-0.05, 0) is 6.92 Å². The van der Waals surface area contributed by atoms with E-state index in [-0.39, 0.29) is 0 Å². The van der Waals surface area contributed by atoms with Gasteiger partial charge in [0.05, 0.1) is 19.6 Å². The Morgan fingerprint density at radius 2 is 2.07 bits per heavy atom. The number of carbonyl (C=O) groups is 1. The van der Waals surface area contributed by atoms with E-state index in [0.29, 0.717) is 32.7 Å². The van der Waals surface area contributed by atoms with Crippen LogP contribution in [0.15, 0.2) is 0 Å². The van der Waals surface area contributed by atoms with E-state index in [4.69, 9.17) is 4.74 Å². The third-order valence-corrected chi connectivity index (χ3v) is 3.03. The standard InChI is InChI=1S/C11H19NO3/c1-3-5-11(4-2,10(13)14)12-6-8-15-9-7-12/h5H,3-4,6-9H2,1-2H3/p+1. The third-order valence-electron chi connectivity index (χ3n) is 3.03. The number of carboxylic acid groups (broad SMARTS) is 1. The summed E-state index contributed by atoms with van der Waals surface area (Å²) in [4.78, 5) is 13.4. The number of nitrogens with zero attached hydrogens (tertiary/aromatic N) is 1. The lowest BCUT2D eigenvalue weighted by atomic mass is 9.88. The molecule has 0 aromatic heterocycles. The van der Waals surface area contributed by atoms with Crippen molar-refractivity contribution in [1.82, 2.24) is 4.90 Å².